The van der Waals surface area contributed by atoms with Crippen LogP contribution in [0.3, 0.4) is 0 Å². The van der Waals surface area contributed by atoms with E-state index in [1.165, 1.54) is 12.1 Å². The van der Waals surface area contributed by atoms with Gasteiger partial charge in [0.05, 0.1) is 17.2 Å². The van der Waals surface area contributed by atoms with Crippen LogP contribution in [0.25, 0.3) is 10.8 Å². The molecule has 1 aliphatic heterocycles. The van der Waals surface area contributed by atoms with Gasteiger partial charge in [-0.3, -0.25) is 4.90 Å². The highest BCUT2D eigenvalue weighted by Crippen LogP contribution is 2.35. The third-order valence-electron chi connectivity index (χ3n) is 5.57. The van der Waals surface area contributed by atoms with E-state index in [2.05, 4.69) is 4.90 Å². The number of thiophene rings is 1. The van der Waals surface area contributed by atoms with Gasteiger partial charge in [-0.25, -0.2) is 9.37 Å². The molecule has 4 nitrogen and oxygen atoms in total. The Morgan fingerprint density at radius 3 is 2.82 bits per heavy atom. The summed E-state index contributed by atoms with van der Waals surface area (Å²) in [5, 5.41) is 12.2. The Kier molecular flexibility index (Phi) is 5.62. The molecule has 4 rings (SSSR count). The number of halogens is 1. The minimum Gasteiger partial charge on any atom is -0.440 e. The van der Waals surface area contributed by atoms with Crippen LogP contribution in [0.1, 0.15) is 29.9 Å². The molecule has 0 bridgehead atoms. The van der Waals surface area contributed by atoms with Crippen LogP contribution in [0.2, 0.25) is 0 Å². The summed E-state index contributed by atoms with van der Waals surface area (Å²) in [6.45, 7) is 4.57. The molecule has 0 amide bonds. The summed E-state index contributed by atoms with van der Waals surface area (Å²) >= 11 is 1.62. The van der Waals surface area contributed by atoms with E-state index in [1.807, 2.05) is 36.6 Å². The van der Waals surface area contributed by atoms with E-state index >= 15 is 0 Å². The molecular weight excluding hydrogens is 375 g/mol. The highest BCUT2D eigenvalue weighted by atomic mass is 32.1. The van der Waals surface area contributed by atoms with E-state index in [0.29, 0.717) is 12.4 Å². The maximum atomic E-state index is 13.2. The lowest BCUT2D eigenvalue weighted by atomic mass is 9.75. The van der Waals surface area contributed by atoms with Gasteiger partial charge in [0.2, 0.25) is 5.89 Å². The van der Waals surface area contributed by atoms with E-state index in [1.54, 1.807) is 11.3 Å². The lowest BCUT2D eigenvalue weighted by molar-refractivity contribution is 0.0282. The van der Waals surface area contributed by atoms with Crippen LogP contribution >= 0.6 is 11.3 Å². The predicted molar refractivity (Wildman–Crippen MR) is 109 cm³/mol. The molecule has 1 aromatic carbocycles. The molecule has 0 aliphatic carbocycles. The Hall–Kier alpha value is -2.02. The van der Waals surface area contributed by atoms with Crippen molar-refractivity contribution < 1.29 is 13.9 Å². The lowest BCUT2D eigenvalue weighted by Crippen LogP contribution is -2.46. The van der Waals surface area contributed by atoms with Gasteiger partial charge in [-0.15, -0.1) is 11.3 Å². The summed E-state index contributed by atoms with van der Waals surface area (Å²) in [6, 6.07) is 10.6. The number of aryl methyl sites for hydroxylation is 1. The summed E-state index contributed by atoms with van der Waals surface area (Å²) in [4.78, 5) is 8.10. The molecule has 1 atom stereocenters. The Morgan fingerprint density at radius 2 is 2.11 bits per heavy atom. The fourth-order valence-electron chi connectivity index (χ4n) is 4.10. The summed E-state index contributed by atoms with van der Waals surface area (Å²) in [6.07, 6.45) is 2.74. The van der Waals surface area contributed by atoms with Gasteiger partial charge in [-0.1, -0.05) is 18.2 Å². The van der Waals surface area contributed by atoms with Crippen LogP contribution in [0.5, 0.6) is 0 Å². The van der Waals surface area contributed by atoms with E-state index in [0.717, 1.165) is 54.2 Å². The maximum Gasteiger partial charge on any atom is 0.236 e. The first-order valence-corrected chi connectivity index (χ1v) is 10.5. The molecule has 0 saturated carbocycles. The molecule has 3 heterocycles. The summed E-state index contributed by atoms with van der Waals surface area (Å²) < 4.78 is 19.1. The van der Waals surface area contributed by atoms with Gasteiger partial charge in [0.15, 0.2) is 0 Å². The van der Waals surface area contributed by atoms with Gasteiger partial charge in [0, 0.05) is 18.5 Å². The molecule has 2 aromatic heterocycles. The number of benzene rings is 1. The van der Waals surface area contributed by atoms with Crippen molar-refractivity contribution in [2.24, 2.45) is 5.41 Å². The molecule has 148 valence electrons. The van der Waals surface area contributed by atoms with Gasteiger partial charge in [0.25, 0.3) is 0 Å². The molecule has 1 unspecified atom stereocenters. The number of hydrogen-bond acceptors (Lipinski definition) is 5. The SMILES string of the molecule is Cc1oc(-c2cccs2)nc1CN1CCCC(CO)(Cc2ccc(F)cc2)C1. The number of likely N-dealkylation sites (tertiary alicyclic amines) is 1. The number of aromatic nitrogens is 1. The van der Waals surface area contributed by atoms with Crippen LogP contribution < -0.4 is 0 Å². The van der Waals surface area contributed by atoms with Crippen molar-refractivity contribution in [3.05, 3.63) is 64.6 Å². The molecule has 1 aliphatic rings. The molecule has 3 aromatic rings. The number of oxazole rings is 1. The van der Waals surface area contributed by atoms with Gasteiger partial charge < -0.3 is 9.52 Å². The Balaban J connectivity index is 1.48. The van der Waals surface area contributed by atoms with Crippen LogP contribution in [0.4, 0.5) is 4.39 Å². The third kappa shape index (κ3) is 4.19. The van der Waals surface area contributed by atoms with Gasteiger partial charge in [0.1, 0.15) is 11.6 Å². The topological polar surface area (TPSA) is 49.5 Å². The number of hydrogen-bond donors (Lipinski definition) is 1. The second-order valence-electron chi connectivity index (χ2n) is 7.77. The average molecular weight is 401 g/mol. The minimum absolute atomic E-state index is 0.124. The van der Waals surface area contributed by atoms with Crippen molar-refractivity contribution >= 4 is 11.3 Å². The van der Waals surface area contributed by atoms with Crippen LogP contribution in [0, 0.1) is 18.2 Å². The number of rotatable bonds is 6. The second kappa shape index (κ2) is 8.15. The van der Waals surface area contributed by atoms with Crippen molar-refractivity contribution in [1.29, 1.82) is 0 Å². The van der Waals surface area contributed by atoms with E-state index in [9.17, 15) is 9.50 Å². The third-order valence-corrected chi connectivity index (χ3v) is 6.42. The highest BCUT2D eigenvalue weighted by molar-refractivity contribution is 7.13. The van der Waals surface area contributed by atoms with Gasteiger partial charge >= 0.3 is 0 Å². The first kappa shape index (κ1) is 19.3. The molecule has 0 radical (unpaired) electrons. The highest BCUT2D eigenvalue weighted by Gasteiger charge is 2.35. The summed E-state index contributed by atoms with van der Waals surface area (Å²) in [7, 11) is 0. The summed E-state index contributed by atoms with van der Waals surface area (Å²) in [5.74, 6) is 1.30. The van der Waals surface area contributed by atoms with Gasteiger partial charge in [-0.05, 0) is 61.9 Å². The predicted octanol–water partition coefficient (Wildman–Crippen LogP) is 4.67. The summed E-state index contributed by atoms with van der Waals surface area (Å²) in [5.41, 5.74) is 1.82. The van der Waals surface area contributed by atoms with Crippen molar-refractivity contribution in [3.63, 3.8) is 0 Å². The average Bonchev–Trinajstić information content (AvgIpc) is 3.34. The lowest BCUT2D eigenvalue weighted by Gasteiger charge is -2.42. The van der Waals surface area contributed by atoms with Crippen LogP contribution in [-0.2, 0) is 13.0 Å². The van der Waals surface area contributed by atoms with Crippen LogP contribution in [0.15, 0.2) is 46.2 Å². The number of nitrogens with zero attached hydrogens (tertiary/aromatic N) is 2. The van der Waals surface area contributed by atoms with Crippen molar-refractivity contribution in [2.45, 2.75) is 32.7 Å². The molecule has 1 N–H and O–H groups in total. The molecule has 0 spiro atoms. The van der Waals surface area contributed by atoms with E-state index in [-0.39, 0.29) is 17.8 Å². The Labute approximate surface area is 168 Å². The molecule has 1 saturated heterocycles. The first-order valence-electron chi connectivity index (χ1n) is 9.65. The van der Waals surface area contributed by atoms with Crippen molar-refractivity contribution in [1.82, 2.24) is 9.88 Å². The number of piperidine rings is 1. The zero-order valence-electron chi connectivity index (χ0n) is 16.0. The maximum absolute atomic E-state index is 13.2. The molecule has 28 heavy (non-hydrogen) atoms. The fraction of sp³-hybridized carbons (Fsp3) is 0.409. The zero-order valence-corrected chi connectivity index (χ0v) is 16.8. The first-order chi connectivity index (χ1) is 13.6. The molecule has 6 heteroatoms. The van der Waals surface area contributed by atoms with E-state index < -0.39 is 0 Å². The standard InChI is InChI=1S/C22H25FN2O2S/c1-16-19(24-21(27-16)20-4-2-11-28-20)13-25-10-3-9-22(14-25,15-26)12-17-5-7-18(23)8-6-17/h2,4-8,11,26H,3,9-10,12-15H2,1H3. The smallest absolute Gasteiger partial charge is 0.236 e. The second-order valence-corrected chi connectivity index (χ2v) is 8.72. The quantitative estimate of drug-likeness (QED) is 0.653. The Morgan fingerprint density at radius 1 is 1.29 bits per heavy atom. The largest absolute Gasteiger partial charge is 0.440 e. The number of aliphatic hydroxyl groups excluding tert-OH is 1. The van der Waals surface area contributed by atoms with Crippen molar-refractivity contribution in [3.8, 4) is 10.8 Å². The van der Waals surface area contributed by atoms with Gasteiger partial charge in [-0.2, -0.15) is 0 Å². The van der Waals surface area contributed by atoms with E-state index in [4.69, 9.17) is 9.40 Å². The monoisotopic (exact) mass is 400 g/mol. The number of aliphatic hydroxyl groups is 1. The zero-order chi connectivity index (χ0) is 19.6. The minimum atomic E-state index is -0.227. The fourth-order valence-corrected chi connectivity index (χ4v) is 4.75. The molecular formula is C22H25FN2O2S. The molecule has 1 fully saturated rings. The van der Waals surface area contributed by atoms with Crippen LogP contribution in [-0.4, -0.2) is 34.7 Å². The Bertz CT molecular complexity index is 907. The van der Waals surface area contributed by atoms with Crippen molar-refractivity contribution in [2.75, 3.05) is 19.7 Å². The normalized spacial score (nSPS) is 20.5.